The summed E-state index contributed by atoms with van der Waals surface area (Å²) in [7, 11) is 1.77. The largest absolute Gasteiger partial charge is 0.411 e. The molecule has 0 aliphatic rings. The van der Waals surface area contributed by atoms with Crippen LogP contribution < -0.4 is 10.9 Å². The molecule has 0 aliphatic carbocycles. The van der Waals surface area contributed by atoms with Crippen LogP contribution in [0.3, 0.4) is 0 Å². The highest BCUT2D eigenvalue weighted by Crippen LogP contribution is 2.28. The summed E-state index contributed by atoms with van der Waals surface area (Å²) in [6.45, 7) is 5.48. The molecular formula is C22H21N5O3. The quantitative estimate of drug-likeness (QED) is 0.301. The Morgan fingerprint density at radius 1 is 1.17 bits per heavy atom. The molecule has 0 atom stereocenters. The van der Waals surface area contributed by atoms with Crippen LogP contribution in [0.1, 0.15) is 23.9 Å². The Hall–Kier alpha value is -3.94. The molecular weight excluding hydrogens is 382 g/mol. The third-order valence-corrected chi connectivity index (χ3v) is 5.06. The lowest BCUT2D eigenvalue weighted by atomic mass is 9.99. The van der Waals surface area contributed by atoms with Gasteiger partial charge in [0.05, 0.1) is 5.52 Å². The second-order valence-electron chi connectivity index (χ2n) is 7.22. The van der Waals surface area contributed by atoms with Crippen LogP contribution in [0.2, 0.25) is 0 Å². The Morgan fingerprint density at radius 2 is 1.97 bits per heavy atom. The number of oxime groups is 1. The third kappa shape index (κ3) is 3.43. The molecule has 0 spiro atoms. The lowest BCUT2D eigenvalue weighted by molar-refractivity contribution is 0.316. The van der Waals surface area contributed by atoms with Crippen LogP contribution >= 0.6 is 0 Å². The van der Waals surface area contributed by atoms with E-state index in [0.717, 1.165) is 33.4 Å². The maximum Gasteiger partial charge on any atom is 0.258 e. The molecule has 8 heteroatoms. The fourth-order valence-corrected chi connectivity index (χ4v) is 3.35. The summed E-state index contributed by atoms with van der Waals surface area (Å²) in [5.41, 5.74) is 5.09. The molecule has 152 valence electrons. The Morgan fingerprint density at radius 3 is 2.73 bits per heavy atom. The standard InChI is InChI=1S/C22H21N5O3/c1-12-5-6-16(24-21-10-20(30-26-21)14(3)25-29)9-17(12)18-8-15-11-23-13(2)7-19(15)27(4)22(18)28/h5-11,29H,1-4H3,(H,24,26)/b25-14+. The number of fused-ring (bicyclic) bond motifs is 1. The highest BCUT2D eigenvalue weighted by Gasteiger charge is 2.13. The van der Waals surface area contributed by atoms with Crippen molar-refractivity contribution in [2.75, 3.05) is 5.32 Å². The van der Waals surface area contributed by atoms with Crippen molar-refractivity contribution in [3.05, 3.63) is 70.0 Å². The van der Waals surface area contributed by atoms with Crippen molar-refractivity contribution in [1.29, 1.82) is 0 Å². The Kier molecular flexibility index (Phi) is 4.83. The first-order valence-corrected chi connectivity index (χ1v) is 9.37. The number of aryl methyl sites for hydroxylation is 3. The predicted molar refractivity (Wildman–Crippen MR) is 116 cm³/mol. The smallest absolute Gasteiger partial charge is 0.258 e. The van der Waals surface area contributed by atoms with Crippen LogP contribution in [0, 0.1) is 13.8 Å². The van der Waals surface area contributed by atoms with Crippen molar-refractivity contribution in [3.8, 4) is 11.1 Å². The maximum absolute atomic E-state index is 13.1. The molecule has 0 saturated heterocycles. The molecule has 0 fully saturated rings. The van der Waals surface area contributed by atoms with E-state index in [2.05, 4.69) is 20.6 Å². The van der Waals surface area contributed by atoms with Crippen LogP contribution in [0.4, 0.5) is 11.5 Å². The monoisotopic (exact) mass is 403 g/mol. The molecule has 1 aromatic carbocycles. The van der Waals surface area contributed by atoms with E-state index < -0.39 is 0 Å². The van der Waals surface area contributed by atoms with Gasteiger partial charge in [0.1, 0.15) is 5.71 Å². The zero-order chi connectivity index (χ0) is 21.4. The molecule has 0 saturated carbocycles. The van der Waals surface area contributed by atoms with Gasteiger partial charge in [-0.1, -0.05) is 16.4 Å². The highest BCUT2D eigenvalue weighted by atomic mass is 16.5. The minimum absolute atomic E-state index is 0.0770. The van der Waals surface area contributed by atoms with Gasteiger partial charge in [-0.25, -0.2) is 0 Å². The van der Waals surface area contributed by atoms with E-state index in [4.69, 9.17) is 9.73 Å². The van der Waals surface area contributed by atoms with Crippen molar-refractivity contribution < 1.29 is 9.73 Å². The van der Waals surface area contributed by atoms with E-state index in [1.807, 2.05) is 44.2 Å². The maximum atomic E-state index is 13.1. The summed E-state index contributed by atoms with van der Waals surface area (Å²) in [5.74, 6) is 0.826. The van der Waals surface area contributed by atoms with E-state index in [9.17, 15) is 4.79 Å². The van der Waals surface area contributed by atoms with Crippen LogP contribution in [0.15, 0.2) is 57.1 Å². The first-order chi connectivity index (χ1) is 14.4. The molecule has 0 bridgehead atoms. The Balaban J connectivity index is 1.77. The molecule has 30 heavy (non-hydrogen) atoms. The summed E-state index contributed by atoms with van der Waals surface area (Å²) in [4.78, 5) is 17.4. The zero-order valence-electron chi connectivity index (χ0n) is 17.1. The Bertz CT molecular complexity index is 1350. The first-order valence-electron chi connectivity index (χ1n) is 9.37. The van der Waals surface area contributed by atoms with Crippen molar-refractivity contribution in [2.24, 2.45) is 12.2 Å². The highest BCUT2D eigenvalue weighted by molar-refractivity contribution is 5.96. The molecule has 3 aromatic heterocycles. The van der Waals surface area contributed by atoms with Gasteiger partial charge in [0.2, 0.25) is 0 Å². The van der Waals surface area contributed by atoms with Gasteiger partial charge < -0.3 is 19.6 Å². The summed E-state index contributed by atoms with van der Waals surface area (Å²) in [6.07, 6.45) is 1.78. The second kappa shape index (κ2) is 7.47. The molecule has 0 radical (unpaired) electrons. The van der Waals surface area contributed by atoms with Crippen molar-refractivity contribution in [2.45, 2.75) is 20.8 Å². The second-order valence-corrected chi connectivity index (χ2v) is 7.22. The van der Waals surface area contributed by atoms with Crippen molar-refractivity contribution >= 4 is 28.1 Å². The van der Waals surface area contributed by atoms with Gasteiger partial charge in [-0.15, -0.1) is 0 Å². The van der Waals surface area contributed by atoms with E-state index in [-0.39, 0.29) is 5.56 Å². The van der Waals surface area contributed by atoms with Crippen LogP contribution in [-0.4, -0.2) is 25.6 Å². The number of pyridine rings is 2. The predicted octanol–water partition coefficient (Wildman–Crippen LogP) is 4.15. The first kappa shape index (κ1) is 19.4. The molecule has 3 heterocycles. The number of rotatable bonds is 4. The van der Waals surface area contributed by atoms with Gasteiger partial charge in [-0.2, -0.15) is 0 Å². The molecule has 0 aliphatic heterocycles. The molecule has 2 N–H and O–H groups in total. The number of nitrogens with zero attached hydrogens (tertiary/aromatic N) is 4. The zero-order valence-corrected chi connectivity index (χ0v) is 17.1. The lowest BCUT2D eigenvalue weighted by Crippen LogP contribution is -2.19. The van der Waals surface area contributed by atoms with Crippen LogP contribution in [0.25, 0.3) is 22.0 Å². The molecule has 8 nitrogen and oxygen atoms in total. The topological polar surface area (TPSA) is 106 Å². The number of hydrogen-bond acceptors (Lipinski definition) is 7. The third-order valence-electron chi connectivity index (χ3n) is 5.06. The summed E-state index contributed by atoms with van der Waals surface area (Å²) < 4.78 is 6.81. The van der Waals surface area contributed by atoms with Gasteiger partial charge in [0.15, 0.2) is 11.6 Å². The fraction of sp³-hybridized carbons (Fsp3) is 0.182. The molecule has 0 amide bonds. The van der Waals surface area contributed by atoms with E-state index in [0.29, 0.717) is 22.9 Å². The fourth-order valence-electron chi connectivity index (χ4n) is 3.35. The lowest BCUT2D eigenvalue weighted by Gasteiger charge is -2.13. The average molecular weight is 403 g/mol. The summed E-state index contributed by atoms with van der Waals surface area (Å²) in [5, 5.41) is 20.0. The van der Waals surface area contributed by atoms with E-state index in [1.165, 1.54) is 0 Å². The van der Waals surface area contributed by atoms with Gasteiger partial charge in [0.25, 0.3) is 5.56 Å². The number of nitrogens with one attached hydrogen (secondary N) is 1. The van der Waals surface area contributed by atoms with E-state index >= 15 is 0 Å². The molecule has 4 rings (SSSR count). The van der Waals surface area contributed by atoms with Crippen molar-refractivity contribution in [1.82, 2.24) is 14.7 Å². The van der Waals surface area contributed by atoms with Gasteiger partial charge in [0, 0.05) is 41.6 Å². The number of anilines is 2. The summed E-state index contributed by atoms with van der Waals surface area (Å²) >= 11 is 0. The average Bonchev–Trinajstić information content (AvgIpc) is 3.20. The Labute approximate surface area is 172 Å². The SMILES string of the molecule is C/C(=N\O)c1cc(Nc2ccc(C)c(-c3cc4cnc(C)cc4n(C)c3=O)c2)no1. The molecule has 4 aromatic rings. The van der Waals surface area contributed by atoms with Crippen molar-refractivity contribution in [3.63, 3.8) is 0 Å². The molecule has 0 unspecified atom stereocenters. The number of aromatic nitrogens is 3. The van der Waals surface area contributed by atoms with Gasteiger partial charge in [-0.05, 0) is 56.2 Å². The normalized spacial score (nSPS) is 11.8. The summed E-state index contributed by atoms with van der Waals surface area (Å²) in [6, 6.07) is 11.2. The number of hydrogen-bond donors (Lipinski definition) is 2. The minimum atomic E-state index is -0.0770. The van der Waals surface area contributed by atoms with Crippen LogP contribution in [-0.2, 0) is 7.05 Å². The minimum Gasteiger partial charge on any atom is -0.411 e. The number of benzene rings is 1. The van der Waals surface area contributed by atoms with Gasteiger partial charge in [-0.3, -0.25) is 9.78 Å². The van der Waals surface area contributed by atoms with E-state index in [1.54, 1.807) is 30.8 Å². The van der Waals surface area contributed by atoms with Gasteiger partial charge >= 0.3 is 0 Å². The van der Waals surface area contributed by atoms with Crippen LogP contribution in [0.5, 0.6) is 0 Å².